The highest BCUT2D eigenvalue weighted by atomic mass is 16.5. The van der Waals surface area contributed by atoms with Crippen LogP contribution in [-0.4, -0.2) is 19.3 Å². The molecular weight excluding hydrogens is 240 g/mol. The van der Waals surface area contributed by atoms with Crippen molar-refractivity contribution >= 4 is 21.5 Å². The lowest BCUT2D eigenvalue weighted by Crippen LogP contribution is -1.86. The highest BCUT2D eigenvalue weighted by molar-refractivity contribution is 6.11. The molecule has 19 heavy (non-hydrogen) atoms. The Bertz CT molecular complexity index is 763. The number of phenols is 1. The summed E-state index contributed by atoms with van der Waals surface area (Å²) in [5.41, 5.74) is 0. The van der Waals surface area contributed by atoms with Gasteiger partial charge in [0.05, 0.1) is 14.2 Å². The van der Waals surface area contributed by atoms with E-state index < -0.39 is 0 Å². The maximum absolute atomic E-state index is 10.2. The summed E-state index contributed by atoms with van der Waals surface area (Å²) in [6, 6.07) is 13.4. The first-order valence-electron chi connectivity index (χ1n) is 6.00. The van der Waals surface area contributed by atoms with Crippen molar-refractivity contribution in [2.45, 2.75) is 0 Å². The van der Waals surface area contributed by atoms with Crippen molar-refractivity contribution in [3.8, 4) is 17.2 Å². The van der Waals surface area contributed by atoms with Crippen LogP contribution in [0.25, 0.3) is 21.5 Å². The van der Waals surface area contributed by atoms with Crippen LogP contribution in [0.1, 0.15) is 0 Å². The molecule has 0 saturated carbocycles. The first-order valence-corrected chi connectivity index (χ1v) is 6.00. The fraction of sp³-hybridized carbons (Fsp3) is 0.125. The van der Waals surface area contributed by atoms with E-state index in [1.165, 1.54) is 0 Å². The second kappa shape index (κ2) is 4.35. The first kappa shape index (κ1) is 11.7. The van der Waals surface area contributed by atoms with Crippen molar-refractivity contribution in [3.63, 3.8) is 0 Å². The monoisotopic (exact) mass is 254 g/mol. The molecule has 0 aromatic heterocycles. The summed E-state index contributed by atoms with van der Waals surface area (Å²) in [4.78, 5) is 0. The van der Waals surface area contributed by atoms with Crippen molar-refractivity contribution in [1.29, 1.82) is 0 Å². The summed E-state index contributed by atoms with van der Waals surface area (Å²) in [7, 11) is 3.22. The number of methoxy groups -OCH3 is 2. The molecule has 1 N–H and O–H groups in total. The third-order valence-electron chi connectivity index (χ3n) is 3.33. The molecule has 3 aromatic carbocycles. The van der Waals surface area contributed by atoms with Gasteiger partial charge in [-0.2, -0.15) is 0 Å². The highest BCUT2D eigenvalue weighted by Gasteiger charge is 2.08. The molecule has 0 unspecified atom stereocenters. The fourth-order valence-corrected chi connectivity index (χ4v) is 2.37. The Morgan fingerprint density at radius 2 is 1.47 bits per heavy atom. The minimum absolute atomic E-state index is 0.216. The van der Waals surface area contributed by atoms with Gasteiger partial charge in [0, 0.05) is 11.5 Å². The number of fused-ring (bicyclic) bond motifs is 3. The number of rotatable bonds is 2. The fourth-order valence-electron chi connectivity index (χ4n) is 2.37. The summed E-state index contributed by atoms with van der Waals surface area (Å²) in [6.07, 6.45) is 0. The molecule has 0 spiro atoms. The third kappa shape index (κ3) is 1.83. The molecule has 0 fully saturated rings. The Kier molecular flexibility index (Phi) is 2.67. The van der Waals surface area contributed by atoms with Gasteiger partial charge in [0.15, 0.2) is 0 Å². The van der Waals surface area contributed by atoms with Crippen LogP contribution in [0.3, 0.4) is 0 Å². The average Bonchev–Trinajstić information content (AvgIpc) is 2.45. The minimum Gasteiger partial charge on any atom is -0.507 e. The molecule has 0 radical (unpaired) electrons. The molecule has 3 heteroatoms. The number of ether oxygens (including phenoxy) is 2. The smallest absolute Gasteiger partial charge is 0.127 e. The normalized spacial score (nSPS) is 10.8. The van der Waals surface area contributed by atoms with Crippen LogP contribution in [0.15, 0.2) is 42.5 Å². The van der Waals surface area contributed by atoms with E-state index in [0.717, 1.165) is 27.3 Å². The topological polar surface area (TPSA) is 38.7 Å². The maximum Gasteiger partial charge on any atom is 0.127 e. The van der Waals surface area contributed by atoms with E-state index in [1.807, 2.05) is 36.4 Å². The molecular formula is C16H14O3. The second-order valence-corrected chi connectivity index (χ2v) is 4.40. The van der Waals surface area contributed by atoms with Crippen molar-refractivity contribution < 1.29 is 14.6 Å². The average molecular weight is 254 g/mol. The van der Waals surface area contributed by atoms with Gasteiger partial charge in [-0.3, -0.25) is 0 Å². The van der Waals surface area contributed by atoms with Crippen LogP contribution < -0.4 is 9.47 Å². The van der Waals surface area contributed by atoms with E-state index in [-0.39, 0.29) is 5.75 Å². The predicted octanol–water partition coefficient (Wildman–Crippen LogP) is 3.72. The summed E-state index contributed by atoms with van der Waals surface area (Å²) in [5.74, 6) is 1.63. The van der Waals surface area contributed by atoms with Crippen LogP contribution in [0.4, 0.5) is 0 Å². The van der Waals surface area contributed by atoms with E-state index in [2.05, 4.69) is 0 Å². The Balaban J connectivity index is 2.44. The molecule has 3 nitrogen and oxygen atoms in total. The zero-order valence-corrected chi connectivity index (χ0v) is 10.8. The van der Waals surface area contributed by atoms with E-state index in [0.29, 0.717) is 5.75 Å². The molecule has 0 bridgehead atoms. The molecule has 3 rings (SSSR count). The SMILES string of the molecule is COc1cc(O)c2c(ccc3ccc(OC)cc32)c1. The van der Waals surface area contributed by atoms with E-state index in [4.69, 9.17) is 9.47 Å². The van der Waals surface area contributed by atoms with Gasteiger partial charge in [0.1, 0.15) is 17.2 Å². The predicted molar refractivity (Wildman–Crippen MR) is 76.2 cm³/mol. The lowest BCUT2D eigenvalue weighted by Gasteiger charge is -2.09. The van der Waals surface area contributed by atoms with Crippen LogP contribution in [0.5, 0.6) is 17.2 Å². The molecule has 0 aliphatic heterocycles. The number of hydrogen-bond acceptors (Lipinski definition) is 3. The van der Waals surface area contributed by atoms with Crippen LogP contribution >= 0.6 is 0 Å². The lowest BCUT2D eigenvalue weighted by atomic mass is 10.0. The van der Waals surface area contributed by atoms with Crippen molar-refractivity contribution in [3.05, 3.63) is 42.5 Å². The van der Waals surface area contributed by atoms with Crippen LogP contribution in [-0.2, 0) is 0 Å². The Morgan fingerprint density at radius 3 is 2.21 bits per heavy atom. The Hall–Kier alpha value is -2.42. The van der Waals surface area contributed by atoms with Crippen LogP contribution in [0, 0.1) is 0 Å². The van der Waals surface area contributed by atoms with E-state index in [1.54, 1.807) is 20.3 Å². The second-order valence-electron chi connectivity index (χ2n) is 4.40. The molecule has 0 atom stereocenters. The molecule has 0 amide bonds. The summed E-state index contributed by atoms with van der Waals surface area (Å²) in [6.45, 7) is 0. The molecule has 96 valence electrons. The zero-order valence-electron chi connectivity index (χ0n) is 10.8. The van der Waals surface area contributed by atoms with Gasteiger partial charge >= 0.3 is 0 Å². The van der Waals surface area contributed by atoms with Crippen LogP contribution in [0.2, 0.25) is 0 Å². The number of aromatic hydroxyl groups is 1. The number of benzene rings is 3. The molecule has 0 aliphatic rings. The highest BCUT2D eigenvalue weighted by Crippen LogP contribution is 2.36. The quantitative estimate of drug-likeness (QED) is 0.708. The van der Waals surface area contributed by atoms with Crippen molar-refractivity contribution in [1.82, 2.24) is 0 Å². The summed E-state index contributed by atoms with van der Waals surface area (Å²) < 4.78 is 10.4. The third-order valence-corrected chi connectivity index (χ3v) is 3.33. The van der Waals surface area contributed by atoms with Gasteiger partial charge in [0.25, 0.3) is 0 Å². The van der Waals surface area contributed by atoms with Crippen molar-refractivity contribution in [2.75, 3.05) is 14.2 Å². The van der Waals surface area contributed by atoms with E-state index in [9.17, 15) is 5.11 Å². The largest absolute Gasteiger partial charge is 0.507 e. The van der Waals surface area contributed by atoms with Gasteiger partial charge in [0.2, 0.25) is 0 Å². The van der Waals surface area contributed by atoms with Crippen molar-refractivity contribution in [2.24, 2.45) is 0 Å². The molecule has 0 saturated heterocycles. The minimum atomic E-state index is 0.216. The Labute approximate surface area is 111 Å². The summed E-state index contributed by atoms with van der Waals surface area (Å²) >= 11 is 0. The van der Waals surface area contributed by atoms with E-state index >= 15 is 0 Å². The zero-order chi connectivity index (χ0) is 13.4. The van der Waals surface area contributed by atoms with Gasteiger partial charge in [-0.15, -0.1) is 0 Å². The number of hydrogen-bond donors (Lipinski definition) is 1. The maximum atomic E-state index is 10.2. The Morgan fingerprint density at radius 1 is 0.789 bits per heavy atom. The standard InChI is InChI=1S/C16H14O3/c1-18-12-6-5-10-3-4-11-7-13(19-2)9-15(17)16(11)14(10)8-12/h3-9,17H,1-2H3. The molecule has 0 aliphatic carbocycles. The molecule has 3 aromatic rings. The van der Waals surface area contributed by atoms with Gasteiger partial charge in [-0.25, -0.2) is 0 Å². The van der Waals surface area contributed by atoms with Gasteiger partial charge < -0.3 is 14.6 Å². The number of phenolic OH excluding ortho intramolecular Hbond substituents is 1. The first-order chi connectivity index (χ1) is 9.22. The summed E-state index contributed by atoms with van der Waals surface area (Å²) in [5, 5.41) is 14.0. The van der Waals surface area contributed by atoms with Gasteiger partial charge in [-0.1, -0.05) is 18.2 Å². The van der Waals surface area contributed by atoms with Gasteiger partial charge in [-0.05, 0) is 34.4 Å². The molecule has 0 heterocycles. The lowest BCUT2D eigenvalue weighted by molar-refractivity contribution is 0.409.